The zero-order chi connectivity index (χ0) is 13.0. The van der Waals surface area contributed by atoms with Crippen molar-refractivity contribution in [3.05, 3.63) is 34.6 Å². The Hall–Kier alpha value is -0.600. The molecule has 2 rings (SSSR count). The van der Waals surface area contributed by atoms with E-state index in [1.54, 1.807) is 0 Å². The third kappa shape index (κ3) is 3.24. The molecule has 0 spiro atoms. The number of hydrogen-bond acceptors (Lipinski definition) is 1. The predicted octanol–water partition coefficient (Wildman–Crippen LogP) is 4.71. The minimum Gasteiger partial charge on any atom is -0.310 e. The summed E-state index contributed by atoms with van der Waals surface area (Å²) in [5.41, 5.74) is 1.05. The van der Waals surface area contributed by atoms with Crippen LogP contribution in [0.4, 0.5) is 4.39 Å². The number of rotatable bonds is 5. The zero-order valence-electron chi connectivity index (χ0n) is 10.9. The van der Waals surface area contributed by atoms with Crippen LogP contribution in [0.5, 0.6) is 0 Å². The maximum absolute atomic E-state index is 13.1. The molecule has 3 heteroatoms. The Bertz CT molecular complexity index is 388. The summed E-state index contributed by atoms with van der Waals surface area (Å²) in [7, 11) is 0. The molecule has 0 radical (unpaired) electrons. The van der Waals surface area contributed by atoms with Gasteiger partial charge in [0.1, 0.15) is 5.82 Å². The highest BCUT2D eigenvalue weighted by molar-refractivity contribution is 6.31. The van der Waals surface area contributed by atoms with Gasteiger partial charge in [0.05, 0.1) is 0 Å². The molecule has 0 aromatic heterocycles. The van der Waals surface area contributed by atoms with Crippen molar-refractivity contribution in [2.24, 2.45) is 5.92 Å². The highest BCUT2D eigenvalue weighted by atomic mass is 35.5. The lowest BCUT2D eigenvalue weighted by Crippen LogP contribution is -2.28. The lowest BCUT2D eigenvalue weighted by Gasteiger charge is -2.26. The standard InChI is InChI=1S/C15H21ClFN/c1-2-9-18-15(11-5-3-4-6-11)13-8-7-12(17)10-14(13)16/h7-8,10-11,15,18H,2-6,9H2,1H3. The van der Waals surface area contributed by atoms with Crippen molar-refractivity contribution in [1.82, 2.24) is 5.32 Å². The second kappa shape index (κ2) is 6.53. The SMILES string of the molecule is CCCNC(c1ccc(F)cc1Cl)C1CCCC1. The normalized spacial score (nSPS) is 18.2. The zero-order valence-corrected chi connectivity index (χ0v) is 11.6. The summed E-state index contributed by atoms with van der Waals surface area (Å²) < 4.78 is 13.1. The molecule has 0 bridgehead atoms. The van der Waals surface area contributed by atoms with Crippen LogP contribution in [0.15, 0.2) is 18.2 Å². The largest absolute Gasteiger partial charge is 0.310 e. The smallest absolute Gasteiger partial charge is 0.124 e. The molecule has 1 N–H and O–H groups in total. The van der Waals surface area contributed by atoms with E-state index in [0.29, 0.717) is 10.9 Å². The first-order valence-electron chi connectivity index (χ1n) is 6.90. The average molecular weight is 270 g/mol. The van der Waals surface area contributed by atoms with Crippen molar-refractivity contribution < 1.29 is 4.39 Å². The summed E-state index contributed by atoms with van der Waals surface area (Å²) in [5.74, 6) is 0.379. The number of nitrogens with one attached hydrogen (secondary N) is 1. The van der Waals surface area contributed by atoms with Gasteiger partial charge in [0.2, 0.25) is 0 Å². The molecule has 100 valence electrons. The van der Waals surface area contributed by atoms with Gasteiger partial charge in [-0.1, -0.05) is 37.4 Å². The van der Waals surface area contributed by atoms with Crippen molar-refractivity contribution in [3.8, 4) is 0 Å². The monoisotopic (exact) mass is 269 g/mol. The molecule has 1 unspecified atom stereocenters. The van der Waals surface area contributed by atoms with Gasteiger partial charge in [0, 0.05) is 11.1 Å². The van der Waals surface area contributed by atoms with E-state index in [4.69, 9.17) is 11.6 Å². The van der Waals surface area contributed by atoms with Gasteiger partial charge in [0.15, 0.2) is 0 Å². The van der Waals surface area contributed by atoms with Crippen LogP contribution < -0.4 is 5.32 Å². The molecule has 0 aliphatic heterocycles. The quantitative estimate of drug-likeness (QED) is 0.816. The van der Waals surface area contributed by atoms with Gasteiger partial charge in [0.25, 0.3) is 0 Å². The fraction of sp³-hybridized carbons (Fsp3) is 0.600. The van der Waals surface area contributed by atoms with Crippen LogP contribution in [-0.4, -0.2) is 6.54 Å². The van der Waals surface area contributed by atoms with Crippen LogP contribution in [0, 0.1) is 11.7 Å². The van der Waals surface area contributed by atoms with Gasteiger partial charge in [-0.15, -0.1) is 0 Å². The summed E-state index contributed by atoms with van der Waals surface area (Å²) in [4.78, 5) is 0. The molecule has 0 saturated heterocycles. The molecule has 1 aromatic rings. The lowest BCUT2D eigenvalue weighted by atomic mass is 9.91. The predicted molar refractivity (Wildman–Crippen MR) is 74.4 cm³/mol. The van der Waals surface area contributed by atoms with Gasteiger partial charge >= 0.3 is 0 Å². The van der Waals surface area contributed by atoms with Gasteiger partial charge < -0.3 is 5.32 Å². The Kier molecular flexibility index (Phi) is 5.02. The molecule has 0 heterocycles. The second-order valence-electron chi connectivity index (χ2n) is 5.14. The molecule has 1 aromatic carbocycles. The van der Waals surface area contributed by atoms with E-state index in [1.165, 1.54) is 37.8 Å². The highest BCUT2D eigenvalue weighted by Gasteiger charge is 2.27. The van der Waals surface area contributed by atoms with Gasteiger partial charge in [-0.05, 0) is 49.4 Å². The van der Waals surface area contributed by atoms with Crippen LogP contribution in [-0.2, 0) is 0 Å². The number of hydrogen-bond donors (Lipinski definition) is 1. The van der Waals surface area contributed by atoms with E-state index in [0.717, 1.165) is 18.5 Å². The van der Waals surface area contributed by atoms with Crippen molar-refractivity contribution >= 4 is 11.6 Å². The van der Waals surface area contributed by atoms with E-state index >= 15 is 0 Å². The first kappa shape index (κ1) is 13.8. The molecule has 1 saturated carbocycles. The fourth-order valence-corrected chi connectivity index (χ4v) is 3.16. The molecule has 1 aliphatic rings. The first-order chi connectivity index (χ1) is 8.72. The maximum atomic E-state index is 13.1. The van der Waals surface area contributed by atoms with E-state index in [9.17, 15) is 4.39 Å². The molecule has 1 nitrogen and oxygen atoms in total. The molecule has 1 fully saturated rings. The summed E-state index contributed by atoms with van der Waals surface area (Å²) in [5, 5.41) is 4.13. The Balaban J connectivity index is 2.20. The average Bonchev–Trinajstić information content (AvgIpc) is 2.85. The van der Waals surface area contributed by atoms with Crippen molar-refractivity contribution in [3.63, 3.8) is 0 Å². The Morgan fingerprint density at radius 1 is 1.39 bits per heavy atom. The molecule has 0 amide bonds. The van der Waals surface area contributed by atoms with E-state index < -0.39 is 0 Å². The van der Waals surface area contributed by atoms with Crippen molar-refractivity contribution in [2.75, 3.05) is 6.54 Å². The van der Waals surface area contributed by atoms with Gasteiger partial charge in [-0.25, -0.2) is 4.39 Å². The molecular weight excluding hydrogens is 249 g/mol. The van der Waals surface area contributed by atoms with Crippen LogP contribution in [0.2, 0.25) is 5.02 Å². The Labute approximate surface area is 114 Å². The summed E-state index contributed by atoms with van der Waals surface area (Å²) >= 11 is 6.20. The minimum absolute atomic E-state index is 0.260. The maximum Gasteiger partial charge on any atom is 0.124 e. The molecule has 18 heavy (non-hydrogen) atoms. The molecule has 1 atom stereocenters. The molecular formula is C15H21ClFN. The second-order valence-corrected chi connectivity index (χ2v) is 5.55. The van der Waals surface area contributed by atoms with Crippen LogP contribution in [0.25, 0.3) is 0 Å². The van der Waals surface area contributed by atoms with Crippen LogP contribution in [0.3, 0.4) is 0 Å². The van der Waals surface area contributed by atoms with E-state index in [2.05, 4.69) is 12.2 Å². The van der Waals surface area contributed by atoms with Gasteiger partial charge in [-0.3, -0.25) is 0 Å². The van der Waals surface area contributed by atoms with Crippen LogP contribution >= 0.6 is 11.6 Å². The summed E-state index contributed by atoms with van der Waals surface area (Å²) in [6.07, 6.45) is 6.19. The van der Waals surface area contributed by atoms with Crippen molar-refractivity contribution in [2.45, 2.75) is 45.1 Å². The van der Waals surface area contributed by atoms with E-state index in [1.807, 2.05) is 6.07 Å². The third-order valence-corrected chi connectivity index (χ3v) is 4.11. The Morgan fingerprint density at radius 3 is 2.72 bits per heavy atom. The summed E-state index contributed by atoms with van der Waals surface area (Å²) in [6.45, 7) is 3.14. The minimum atomic E-state index is -0.260. The summed E-state index contributed by atoms with van der Waals surface area (Å²) in [6, 6.07) is 5.05. The lowest BCUT2D eigenvalue weighted by molar-refractivity contribution is 0.368. The molecule has 1 aliphatic carbocycles. The highest BCUT2D eigenvalue weighted by Crippen LogP contribution is 2.38. The van der Waals surface area contributed by atoms with E-state index in [-0.39, 0.29) is 11.9 Å². The first-order valence-corrected chi connectivity index (χ1v) is 7.28. The third-order valence-electron chi connectivity index (χ3n) is 3.78. The fourth-order valence-electron chi connectivity index (χ4n) is 2.87. The van der Waals surface area contributed by atoms with Gasteiger partial charge in [-0.2, -0.15) is 0 Å². The number of benzene rings is 1. The van der Waals surface area contributed by atoms with Crippen molar-refractivity contribution in [1.29, 1.82) is 0 Å². The topological polar surface area (TPSA) is 12.0 Å². The Morgan fingerprint density at radius 2 is 2.11 bits per heavy atom. The van der Waals surface area contributed by atoms with Crippen LogP contribution in [0.1, 0.15) is 50.6 Å². The number of halogens is 2.